The molecule has 172 valence electrons. The summed E-state index contributed by atoms with van der Waals surface area (Å²) in [6.07, 6.45) is 2.27. The van der Waals surface area contributed by atoms with E-state index in [-0.39, 0.29) is 22.3 Å². The summed E-state index contributed by atoms with van der Waals surface area (Å²) in [6, 6.07) is 9.37. The number of aryl methyl sites for hydroxylation is 1. The van der Waals surface area contributed by atoms with Gasteiger partial charge < -0.3 is 9.88 Å². The van der Waals surface area contributed by atoms with Gasteiger partial charge in [-0.1, -0.05) is 49.1 Å². The Morgan fingerprint density at radius 3 is 2.61 bits per heavy atom. The van der Waals surface area contributed by atoms with E-state index in [1.807, 2.05) is 56.3 Å². The second-order valence-electron chi connectivity index (χ2n) is 7.40. The standard InChI is InChI=1S/C22H25N7O2S2/c1-5-7-17-27-28-22(33-17)26-20(31)16(6-2)32-21-24-18(15(12-23)19(30)25-21)13-8-10-14(11-9-13)29(3)4/h8-11,16H,5-7H2,1-4H3,(H,24,25,30)(H,26,28,31)/t16-/m1/s1. The first-order valence-electron chi connectivity index (χ1n) is 10.5. The van der Waals surface area contributed by atoms with E-state index in [0.29, 0.717) is 17.1 Å². The van der Waals surface area contributed by atoms with Crippen LogP contribution in [0.25, 0.3) is 11.3 Å². The van der Waals surface area contributed by atoms with Crippen molar-refractivity contribution < 1.29 is 4.79 Å². The third-order valence-corrected chi connectivity index (χ3v) is 6.89. The van der Waals surface area contributed by atoms with Crippen LogP contribution in [0.3, 0.4) is 0 Å². The van der Waals surface area contributed by atoms with Crippen LogP contribution in [0.1, 0.15) is 37.3 Å². The van der Waals surface area contributed by atoms with Gasteiger partial charge >= 0.3 is 0 Å². The highest BCUT2D eigenvalue weighted by Crippen LogP contribution is 2.28. The molecule has 3 rings (SSSR count). The number of benzene rings is 1. The van der Waals surface area contributed by atoms with Gasteiger partial charge in [-0.15, -0.1) is 10.2 Å². The summed E-state index contributed by atoms with van der Waals surface area (Å²) in [4.78, 5) is 34.5. The molecule has 1 aromatic carbocycles. The highest BCUT2D eigenvalue weighted by atomic mass is 32.2. The summed E-state index contributed by atoms with van der Waals surface area (Å²) < 4.78 is 0. The molecule has 0 unspecified atom stereocenters. The summed E-state index contributed by atoms with van der Waals surface area (Å²) in [5.41, 5.74) is 1.33. The molecule has 2 N–H and O–H groups in total. The number of nitrogens with zero attached hydrogens (tertiary/aromatic N) is 5. The van der Waals surface area contributed by atoms with Crippen LogP contribution in [-0.4, -0.2) is 45.4 Å². The Morgan fingerprint density at radius 1 is 1.27 bits per heavy atom. The fraction of sp³-hybridized carbons (Fsp3) is 0.364. The predicted octanol–water partition coefficient (Wildman–Crippen LogP) is 3.69. The van der Waals surface area contributed by atoms with Crippen LogP contribution in [0.15, 0.2) is 34.2 Å². The number of hydrogen-bond donors (Lipinski definition) is 2. The van der Waals surface area contributed by atoms with Crippen molar-refractivity contribution in [2.45, 2.75) is 43.5 Å². The van der Waals surface area contributed by atoms with Crippen molar-refractivity contribution in [1.82, 2.24) is 20.2 Å². The number of rotatable bonds is 9. The highest BCUT2D eigenvalue weighted by Gasteiger charge is 2.22. The zero-order valence-electron chi connectivity index (χ0n) is 18.9. The average molecular weight is 484 g/mol. The number of H-pyrrole nitrogens is 1. The van der Waals surface area contributed by atoms with Crippen molar-refractivity contribution in [3.8, 4) is 17.3 Å². The summed E-state index contributed by atoms with van der Waals surface area (Å²) in [5, 5.41) is 21.5. The molecule has 0 saturated carbocycles. The zero-order chi connectivity index (χ0) is 24.0. The number of aromatic amines is 1. The molecule has 2 aromatic heterocycles. The molecule has 1 atom stereocenters. The van der Waals surface area contributed by atoms with Crippen molar-refractivity contribution in [3.63, 3.8) is 0 Å². The zero-order valence-corrected chi connectivity index (χ0v) is 20.5. The minimum absolute atomic E-state index is 0.0632. The third-order valence-electron chi connectivity index (χ3n) is 4.74. The Kier molecular flexibility index (Phi) is 8.19. The number of carbonyl (C=O) groups is 1. The van der Waals surface area contributed by atoms with Crippen molar-refractivity contribution in [2.75, 3.05) is 24.3 Å². The Bertz CT molecular complexity index is 1210. The van der Waals surface area contributed by atoms with Crippen molar-refractivity contribution >= 4 is 39.8 Å². The van der Waals surface area contributed by atoms with E-state index in [2.05, 4.69) is 32.4 Å². The maximum Gasteiger partial charge on any atom is 0.270 e. The number of hydrogen-bond acceptors (Lipinski definition) is 9. The van der Waals surface area contributed by atoms with E-state index in [4.69, 9.17) is 0 Å². The normalized spacial score (nSPS) is 11.6. The molecule has 33 heavy (non-hydrogen) atoms. The van der Waals surface area contributed by atoms with Crippen LogP contribution in [-0.2, 0) is 11.2 Å². The quantitative estimate of drug-likeness (QED) is 0.348. The minimum Gasteiger partial charge on any atom is -0.378 e. The number of anilines is 2. The van der Waals surface area contributed by atoms with Gasteiger partial charge in [0, 0.05) is 31.8 Å². The molecule has 0 aliphatic carbocycles. The van der Waals surface area contributed by atoms with Crippen LogP contribution in [0.2, 0.25) is 0 Å². The summed E-state index contributed by atoms with van der Waals surface area (Å²) >= 11 is 2.50. The van der Waals surface area contributed by atoms with Crippen LogP contribution < -0.4 is 15.8 Å². The number of thioether (sulfide) groups is 1. The fourth-order valence-corrected chi connectivity index (χ4v) is 4.74. The van der Waals surface area contributed by atoms with Crippen LogP contribution in [0.4, 0.5) is 10.8 Å². The molecule has 1 amide bonds. The Labute approximate surface area is 200 Å². The van der Waals surface area contributed by atoms with Crippen LogP contribution >= 0.6 is 23.1 Å². The van der Waals surface area contributed by atoms with E-state index >= 15 is 0 Å². The monoisotopic (exact) mass is 483 g/mol. The lowest BCUT2D eigenvalue weighted by Gasteiger charge is -2.14. The Morgan fingerprint density at radius 2 is 2.00 bits per heavy atom. The number of aromatic nitrogens is 4. The molecule has 0 saturated heterocycles. The van der Waals surface area contributed by atoms with E-state index in [1.165, 1.54) is 11.3 Å². The summed E-state index contributed by atoms with van der Waals surface area (Å²) in [7, 11) is 3.86. The van der Waals surface area contributed by atoms with Crippen molar-refractivity contribution in [2.24, 2.45) is 0 Å². The molecule has 0 fully saturated rings. The predicted molar refractivity (Wildman–Crippen MR) is 132 cm³/mol. The maximum absolute atomic E-state index is 12.8. The molecular weight excluding hydrogens is 458 g/mol. The molecule has 11 heteroatoms. The van der Waals surface area contributed by atoms with Crippen molar-refractivity contribution in [3.05, 3.63) is 45.2 Å². The largest absolute Gasteiger partial charge is 0.378 e. The van der Waals surface area contributed by atoms with Gasteiger partial charge in [-0.2, -0.15) is 5.26 Å². The average Bonchev–Trinajstić information content (AvgIpc) is 3.24. The van der Waals surface area contributed by atoms with Gasteiger partial charge in [0.05, 0.1) is 10.9 Å². The smallest absolute Gasteiger partial charge is 0.270 e. The summed E-state index contributed by atoms with van der Waals surface area (Å²) in [5.74, 6) is -0.245. The second-order valence-corrected chi connectivity index (χ2v) is 9.66. The van der Waals surface area contributed by atoms with Gasteiger partial charge in [0.1, 0.15) is 16.6 Å². The molecule has 0 aliphatic heterocycles. The van der Waals surface area contributed by atoms with E-state index in [0.717, 1.165) is 35.3 Å². The lowest BCUT2D eigenvalue weighted by Crippen LogP contribution is -2.25. The first-order chi connectivity index (χ1) is 15.9. The lowest BCUT2D eigenvalue weighted by molar-refractivity contribution is -0.115. The third kappa shape index (κ3) is 5.97. The lowest BCUT2D eigenvalue weighted by atomic mass is 10.1. The van der Waals surface area contributed by atoms with Gasteiger partial charge in [-0.3, -0.25) is 14.9 Å². The van der Waals surface area contributed by atoms with Crippen LogP contribution in [0.5, 0.6) is 0 Å². The highest BCUT2D eigenvalue weighted by molar-refractivity contribution is 8.00. The SMILES string of the molecule is CCCc1nnc(NC(=O)[C@@H](CC)Sc2nc(-c3ccc(N(C)C)cc3)c(C#N)c(=O)[nH]2)s1. The molecule has 3 aromatic rings. The minimum atomic E-state index is -0.537. The molecule has 0 aliphatic rings. The molecule has 0 spiro atoms. The van der Waals surface area contributed by atoms with Crippen LogP contribution in [0, 0.1) is 11.3 Å². The van der Waals surface area contributed by atoms with Gasteiger partial charge in [0.2, 0.25) is 11.0 Å². The number of nitrogens with one attached hydrogen (secondary N) is 2. The van der Waals surface area contributed by atoms with Gasteiger partial charge in [0.15, 0.2) is 5.16 Å². The van der Waals surface area contributed by atoms with Gasteiger partial charge in [0.25, 0.3) is 5.56 Å². The molecule has 0 radical (unpaired) electrons. The Hall–Kier alpha value is -3.23. The maximum atomic E-state index is 12.8. The summed E-state index contributed by atoms with van der Waals surface area (Å²) in [6.45, 7) is 3.93. The van der Waals surface area contributed by atoms with Gasteiger partial charge in [-0.25, -0.2) is 4.98 Å². The van der Waals surface area contributed by atoms with E-state index in [9.17, 15) is 14.9 Å². The van der Waals surface area contributed by atoms with Crippen molar-refractivity contribution in [1.29, 1.82) is 5.26 Å². The Balaban J connectivity index is 1.84. The molecule has 2 heterocycles. The van der Waals surface area contributed by atoms with E-state index < -0.39 is 10.8 Å². The number of carbonyl (C=O) groups excluding carboxylic acids is 1. The van der Waals surface area contributed by atoms with Gasteiger partial charge in [-0.05, 0) is 25.0 Å². The first kappa shape index (κ1) is 24.4. The molecular formula is C22H25N7O2S2. The first-order valence-corrected chi connectivity index (χ1v) is 12.2. The van der Waals surface area contributed by atoms with E-state index in [1.54, 1.807) is 0 Å². The second kappa shape index (κ2) is 11.1. The number of nitriles is 1. The number of amides is 1. The fourth-order valence-electron chi connectivity index (χ4n) is 3.00. The topological polar surface area (TPSA) is 128 Å². The molecule has 9 nitrogen and oxygen atoms in total. The molecule has 0 bridgehead atoms.